The SMILES string of the molecule is COc1ccc(NC(=O)OC(C)(C)C)cc1C(F)(F)CCN. The molecule has 0 heterocycles. The van der Waals surface area contributed by atoms with Crippen LogP contribution in [0.1, 0.15) is 32.8 Å². The Morgan fingerprint density at radius 1 is 1.32 bits per heavy atom. The number of hydrogen-bond acceptors (Lipinski definition) is 4. The maximum atomic E-state index is 14.1. The molecule has 5 nitrogen and oxygen atoms in total. The van der Waals surface area contributed by atoms with E-state index in [0.29, 0.717) is 0 Å². The van der Waals surface area contributed by atoms with Crippen LogP contribution in [-0.2, 0) is 10.7 Å². The molecule has 1 amide bonds. The summed E-state index contributed by atoms with van der Waals surface area (Å²) >= 11 is 0. The van der Waals surface area contributed by atoms with Gasteiger partial charge in [-0.3, -0.25) is 5.32 Å². The van der Waals surface area contributed by atoms with Crippen LogP contribution in [0.4, 0.5) is 19.3 Å². The van der Waals surface area contributed by atoms with E-state index < -0.39 is 24.0 Å². The first kappa shape index (κ1) is 18.2. The Morgan fingerprint density at radius 2 is 1.95 bits per heavy atom. The van der Waals surface area contributed by atoms with Crippen LogP contribution in [0.2, 0.25) is 0 Å². The molecule has 0 aliphatic rings. The van der Waals surface area contributed by atoms with Crippen LogP contribution in [0.3, 0.4) is 0 Å². The van der Waals surface area contributed by atoms with Crippen molar-refractivity contribution in [3.63, 3.8) is 0 Å². The standard InChI is InChI=1S/C15H22F2N2O3/c1-14(2,3)22-13(20)19-10-5-6-12(21-4)11(9-10)15(16,17)7-8-18/h5-6,9H,7-8,18H2,1-4H3,(H,19,20). The number of alkyl halides is 2. The molecule has 22 heavy (non-hydrogen) atoms. The molecule has 0 saturated heterocycles. The zero-order valence-corrected chi connectivity index (χ0v) is 13.2. The summed E-state index contributed by atoms with van der Waals surface area (Å²) in [4.78, 5) is 11.7. The first-order valence-corrected chi connectivity index (χ1v) is 6.85. The number of nitrogens with two attached hydrogens (primary N) is 1. The van der Waals surface area contributed by atoms with Crippen LogP contribution in [0.15, 0.2) is 18.2 Å². The van der Waals surface area contributed by atoms with Gasteiger partial charge >= 0.3 is 6.09 Å². The third-order valence-electron chi connectivity index (χ3n) is 2.70. The van der Waals surface area contributed by atoms with Crippen molar-refractivity contribution in [3.05, 3.63) is 23.8 Å². The van der Waals surface area contributed by atoms with E-state index in [1.807, 2.05) is 0 Å². The topological polar surface area (TPSA) is 73.6 Å². The number of benzene rings is 1. The molecule has 0 aromatic heterocycles. The number of ether oxygens (including phenoxy) is 2. The number of anilines is 1. The zero-order chi connectivity index (χ0) is 17.0. The maximum Gasteiger partial charge on any atom is 0.412 e. The van der Waals surface area contributed by atoms with Crippen molar-refractivity contribution in [1.29, 1.82) is 0 Å². The van der Waals surface area contributed by atoms with Crippen LogP contribution < -0.4 is 15.8 Å². The second-order valence-electron chi connectivity index (χ2n) is 5.79. The Kier molecular flexibility index (Phi) is 5.71. The third-order valence-corrected chi connectivity index (χ3v) is 2.70. The Morgan fingerprint density at radius 3 is 2.45 bits per heavy atom. The molecular weight excluding hydrogens is 294 g/mol. The average molecular weight is 316 g/mol. The van der Waals surface area contributed by atoms with E-state index in [0.717, 1.165) is 0 Å². The Hall–Kier alpha value is -1.89. The Bertz CT molecular complexity index is 528. The van der Waals surface area contributed by atoms with Crippen molar-refractivity contribution < 1.29 is 23.0 Å². The molecule has 0 bridgehead atoms. The molecule has 1 aromatic carbocycles. The molecular formula is C15H22F2N2O3. The lowest BCUT2D eigenvalue weighted by Crippen LogP contribution is -2.27. The number of nitrogens with one attached hydrogen (secondary N) is 1. The van der Waals surface area contributed by atoms with Crippen molar-refractivity contribution in [2.24, 2.45) is 5.73 Å². The summed E-state index contributed by atoms with van der Waals surface area (Å²) in [7, 11) is 1.30. The molecule has 3 N–H and O–H groups in total. The van der Waals surface area contributed by atoms with Crippen molar-refractivity contribution in [1.82, 2.24) is 0 Å². The average Bonchev–Trinajstić information content (AvgIpc) is 2.36. The van der Waals surface area contributed by atoms with Gasteiger partial charge in [-0.25, -0.2) is 13.6 Å². The van der Waals surface area contributed by atoms with E-state index in [-0.39, 0.29) is 23.5 Å². The highest BCUT2D eigenvalue weighted by molar-refractivity contribution is 5.85. The molecule has 0 aliphatic carbocycles. The molecule has 0 aliphatic heterocycles. The van der Waals surface area contributed by atoms with E-state index in [1.54, 1.807) is 20.8 Å². The summed E-state index contributed by atoms with van der Waals surface area (Å²) in [5, 5.41) is 2.42. The largest absolute Gasteiger partial charge is 0.496 e. The van der Waals surface area contributed by atoms with Crippen LogP contribution >= 0.6 is 0 Å². The first-order chi connectivity index (χ1) is 10.1. The van der Waals surface area contributed by atoms with Crippen LogP contribution in [0.5, 0.6) is 5.75 Å². The predicted molar refractivity (Wildman–Crippen MR) is 80.4 cm³/mol. The first-order valence-electron chi connectivity index (χ1n) is 6.85. The number of carbonyl (C=O) groups is 1. The second-order valence-corrected chi connectivity index (χ2v) is 5.79. The van der Waals surface area contributed by atoms with Gasteiger partial charge in [-0.1, -0.05) is 0 Å². The van der Waals surface area contributed by atoms with Crippen LogP contribution in [0.25, 0.3) is 0 Å². The monoisotopic (exact) mass is 316 g/mol. The number of rotatable bonds is 5. The van der Waals surface area contributed by atoms with Crippen molar-refractivity contribution in [2.45, 2.75) is 38.7 Å². The number of methoxy groups -OCH3 is 1. The van der Waals surface area contributed by atoms with Crippen molar-refractivity contribution >= 4 is 11.8 Å². The molecule has 124 valence electrons. The van der Waals surface area contributed by atoms with Gasteiger partial charge in [-0.2, -0.15) is 0 Å². The highest BCUT2D eigenvalue weighted by atomic mass is 19.3. The van der Waals surface area contributed by atoms with E-state index in [1.165, 1.54) is 25.3 Å². The minimum absolute atomic E-state index is 0.0354. The normalized spacial score (nSPS) is 12.0. The molecule has 0 unspecified atom stereocenters. The second kappa shape index (κ2) is 6.91. The quantitative estimate of drug-likeness (QED) is 0.872. The highest BCUT2D eigenvalue weighted by Crippen LogP contribution is 2.38. The van der Waals surface area contributed by atoms with Gasteiger partial charge < -0.3 is 15.2 Å². The molecule has 7 heteroatoms. The molecule has 1 rings (SSSR count). The highest BCUT2D eigenvalue weighted by Gasteiger charge is 2.34. The predicted octanol–water partition coefficient (Wildman–Crippen LogP) is 3.48. The van der Waals surface area contributed by atoms with E-state index >= 15 is 0 Å². The lowest BCUT2D eigenvalue weighted by atomic mass is 10.0. The van der Waals surface area contributed by atoms with Gasteiger partial charge in [0.05, 0.1) is 12.7 Å². The van der Waals surface area contributed by atoms with E-state index in [4.69, 9.17) is 15.2 Å². The summed E-state index contributed by atoms with van der Waals surface area (Å²) < 4.78 is 38.2. The van der Waals surface area contributed by atoms with Crippen molar-refractivity contribution in [2.75, 3.05) is 19.0 Å². The van der Waals surface area contributed by atoms with E-state index in [9.17, 15) is 13.6 Å². The number of hydrogen-bond donors (Lipinski definition) is 2. The number of halogens is 2. The van der Waals surface area contributed by atoms with Gasteiger partial charge in [0.25, 0.3) is 5.92 Å². The van der Waals surface area contributed by atoms with Gasteiger partial charge in [-0.15, -0.1) is 0 Å². The lowest BCUT2D eigenvalue weighted by Gasteiger charge is -2.21. The molecule has 0 atom stereocenters. The maximum absolute atomic E-state index is 14.1. The van der Waals surface area contributed by atoms with Crippen LogP contribution in [0, 0.1) is 0 Å². The third kappa shape index (κ3) is 5.14. The molecule has 0 spiro atoms. The van der Waals surface area contributed by atoms with Gasteiger partial charge in [-0.05, 0) is 45.5 Å². The van der Waals surface area contributed by atoms with Crippen LogP contribution in [-0.4, -0.2) is 25.3 Å². The Balaban J connectivity index is 3.02. The minimum Gasteiger partial charge on any atom is -0.496 e. The van der Waals surface area contributed by atoms with Gasteiger partial charge in [0, 0.05) is 12.1 Å². The summed E-state index contributed by atoms with van der Waals surface area (Å²) in [6, 6.07) is 4.00. The fourth-order valence-corrected chi connectivity index (χ4v) is 1.81. The Labute approximate surface area is 128 Å². The van der Waals surface area contributed by atoms with Gasteiger partial charge in [0.1, 0.15) is 11.4 Å². The zero-order valence-electron chi connectivity index (χ0n) is 13.2. The summed E-state index contributed by atoms with van der Waals surface area (Å²) in [6.45, 7) is 4.96. The molecule has 0 radical (unpaired) electrons. The lowest BCUT2D eigenvalue weighted by molar-refractivity contribution is -0.0127. The minimum atomic E-state index is -3.15. The van der Waals surface area contributed by atoms with E-state index in [2.05, 4.69) is 5.32 Å². The van der Waals surface area contributed by atoms with Gasteiger partial charge in [0.2, 0.25) is 0 Å². The molecule has 0 saturated carbocycles. The smallest absolute Gasteiger partial charge is 0.412 e. The molecule has 1 aromatic rings. The van der Waals surface area contributed by atoms with Crippen molar-refractivity contribution in [3.8, 4) is 5.75 Å². The summed E-state index contributed by atoms with van der Waals surface area (Å²) in [6.07, 6.45) is -1.23. The fourth-order valence-electron chi connectivity index (χ4n) is 1.81. The summed E-state index contributed by atoms with van der Waals surface area (Å²) in [5.74, 6) is -3.11. The fraction of sp³-hybridized carbons (Fsp3) is 0.533. The number of amides is 1. The molecule has 0 fully saturated rings. The number of carbonyl (C=O) groups excluding carboxylic acids is 1. The summed E-state index contributed by atoms with van der Waals surface area (Å²) in [5.41, 5.74) is 4.41. The van der Waals surface area contributed by atoms with Gasteiger partial charge in [0.15, 0.2) is 0 Å².